The van der Waals surface area contributed by atoms with Crippen molar-refractivity contribution in [1.82, 2.24) is 5.32 Å². The van der Waals surface area contributed by atoms with Crippen LogP contribution < -0.4 is 11.1 Å². The minimum absolute atomic E-state index is 0.0984. The number of carbonyl (C=O) groups excluding carboxylic acids is 1. The lowest BCUT2D eigenvalue weighted by Gasteiger charge is -2.31. The third-order valence-electron chi connectivity index (χ3n) is 3.63. The minimum Gasteiger partial charge on any atom is -0.379 e. The van der Waals surface area contributed by atoms with Crippen molar-refractivity contribution in [3.8, 4) is 0 Å². The maximum Gasteiger partial charge on any atom is 0.223 e. The minimum atomic E-state index is 0.0984. The molecule has 4 nitrogen and oxygen atoms in total. The van der Waals surface area contributed by atoms with Gasteiger partial charge in [0.15, 0.2) is 0 Å². The molecule has 1 rings (SSSR count). The Balaban J connectivity index is 2.13. The van der Waals surface area contributed by atoms with Crippen LogP contribution in [0.4, 0.5) is 0 Å². The number of rotatable bonds is 6. The maximum atomic E-state index is 11.9. The molecule has 0 heterocycles. The number of nitrogens with two attached hydrogens (primary N) is 1. The van der Waals surface area contributed by atoms with Gasteiger partial charge >= 0.3 is 0 Å². The van der Waals surface area contributed by atoms with Crippen molar-refractivity contribution in [2.75, 3.05) is 19.8 Å². The van der Waals surface area contributed by atoms with Crippen LogP contribution in [-0.4, -0.2) is 31.7 Å². The zero-order chi connectivity index (χ0) is 13.5. The number of ether oxygens (including phenoxy) is 1. The Labute approximate surface area is 111 Å². The zero-order valence-corrected chi connectivity index (χ0v) is 11.9. The number of hydrogen-bond donors (Lipinski definition) is 2. The molecule has 4 heteroatoms. The molecule has 0 radical (unpaired) electrons. The molecule has 0 aromatic rings. The molecule has 3 N–H and O–H groups in total. The van der Waals surface area contributed by atoms with E-state index in [0.29, 0.717) is 25.0 Å². The maximum absolute atomic E-state index is 11.9. The highest BCUT2D eigenvalue weighted by atomic mass is 16.5. The van der Waals surface area contributed by atoms with Crippen LogP contribution in [0.1, 0.15) is 40.0 Å². The van der Waals surface area contributed by atoms with Crippen LogP contribution in [0, 0.1) is 17.8 Å². The Morgan fingerprint density at radius 2 is 2.17 bits per heavy atom. The predicted molar refractivity (Wildman–Crippen MR) is 73.1 cm³/mol. The molecule has 0 aliphatic heterocycles. The van der Waals surface area contributed by atoms with E-state index in [1.54, 1.807) is 0 Å². The Hall–Kier alpha value is -0.610. The van der Waals surface area contributed by atoms with Gasteiger partial charge < -0.3 is 15.8 Å². The topological polar surface area (TPSA) is 64.3 Å². The fourth-order valence-electron chi connectivity index (χ4n) is 2.30. The first-order valence-corrected chi connectivity index (χ1v) is 7.11. The summed E-state index contributed by atoms with van der Waals surface area (Å²) < 4.78 is 5.43. The molecule has 1 aliphatic carbocycles. The Morgan fingerprint density at radius 3 is 2.78 bits per heavy atom. The van der Waals surface area contributed by atoms with Crippen LogP contribution in [-0.2, 0) is 9.53 Å². The first-order chi connectivity index (χ1) is 8.50. The predicted octanol–water partition coefficient (Wildman–Crippen LogP) is 1.54. The summed E-state index contributed by atoms with van der Waals surface area (Å²) in [6.45, 7) is 8.35. The third kappa shape index (κ3) is 5.36. The van der Waals surface area contributed by atoms with Crippen LogP contribution >= 0.6 is 0 Å². The van der Waals surface area contributed by atoms with E-state index in [2.05, 4.69) is 26.1 Å². The van der Waals surface area contributed by atoms with Crippen LogP contribution in [0.15, 0.2) is 0 Å². The summed E-state index contributed by atoms with van der Waals surface area (Å²) in [7, 11) is 0. The molecule has 1 saturated carbocycles. The van der Waals surface area contributed by atoms with Gasteiger partial charge in [-0.2, -0.15) is 0 Å². The average Bonchev–Trinajstić information content (AvgIpc) is 2.31. The number of carbonyl (C=O) groups is 1. The Bertz CT molecular complexity index is 256. The monoisotopic (exact) mass is 256 g/mol. The summed E-state index contributed by atoms with van der Waals surface area (Å²) in [5.41, 5.74) is 6.01. The average molecular weight is 256 g/mol. The smallest absolute Gasteiger partial charge is 0.223 e. The van der Waals surface area contributed by atoms with E-state index in [0.717, 1.165) is 25.9 Å². The second-order valence-electron chi connectivity index (χ2n) is 5.91. The normalized spacial score (nSPS) is 28.4. The van der Waals surface area contributed by atoms with Gasteiger partial charge in [-0.05, 0) is 31.1 Å². The summed E-state index contributed by atoms with van der Waals surface area (Å²) in [5.74, 6) is 1.33. The van der Waals surface area contributed by atoms with Gasteiger partial charge in [-0.3, -0.25) is 4.79 Å². The largest absolute Gasteiger partial charge is 0.379 e. The van der Waals surface area contributed by atoms with E-state index >= 15 is 0 Å². The highest BCUT2D eigenvalue weighted by molar-refractivity contribution is 5.78. The molecule has 0 aromatic carbocycles. The Kier molecular flexibility index (Phi) is 6.65. The summed E-state index contributed by atoms with van der Waals surface area (Å²) in [5, 5.41) is 2.94. The van der Waals surface area contributed by atoms with Crippen molar-refractivity contribution in [3.05, 3.63) is 0 Å². The fourth-order valence-corrected chi connectivity index (χ4v) is 2.30. The molecule has 0 bridgehead atoms. The van der Waals surface area contributed by atoms with Crippen LogP contribution in [0.25, 0.3) is 0 Å². The highest BCUT2D eigenvalue weighted by Gasteiger charge is 2.29. The zero-order valence-electron chi connectivity index (χ0n) is 11.9. The fraction of sp³-hybridized carbons (Fsp3) is 0.929. The molecule has 18 heavy (non-hydrogen) atoms. The highest BCUT2D eigenvalue weighted by Crippen LogP contribution is 2.27. The molecule has 3 atom stereocenters. The van der Waals surface area contributed by atoms with Gasteiger partial charge in [-0.1, -0.05) is 20.8 Å². The van der Waals surface area contributed by atoms with Gasteiger partial charge in [-0.25, -0.2) is 0 Å². The van der Waals surface area contributed by atoms with Crippen molar-refractivity contribution >= 4 is 5.91 Å². The van der Waals surface area contributed by atoms with E-state index in [1.807, 2.05) is 0 Å². The number of amides is 1. The lowest BCUT2D eigenvalue weighted by molar-refractivity contribution is -0.126. The van der Waals surface area contributed by atoms with Gasteiger partial charge in [0.1, 0.15) is 0 Å². The summed E-state index contributed by atoms with van der Waals surface area (Å²) in [6, 6.07) is 0.173. The summed E-state index contributed by atoms with van der Waals surface area (Å²) >= 11 is 0. The van der Waals surface area contributed by atoms with Crippen LogP contribution in [0.3, 0.4) is 0 Å². The van der Waals surface area contributed by atoms with Crippen LogP contribution in [0.5, 0.6) is 0 Å². The van der Waals surface area contributed by atoms with E-state index in [4.69, 9.17) is 10.5 Å². The van der Waals surface area contributed by atoms with Gasteiger partial charge in [-0.15, -0.1) is 0 Å². The summed E-state index contributed by atoms with van der Waals surface area (Å²) in [6.07, 6.45) is 2.84. The molecule has 3 unspecified atom stereocenters. The second kappa shape index (κ2) is 7.74. The molecular weight excluding hydrogens is 228 g/mol. The van der Waals surface area contributed by atoms with E-state index in [1.165, 1.54) is 0 Å². The SMILES string of the molecule is CC(C)COCCNC(=O)C1CCC(C)C(N)C1. The molecule has 106 valence electrons. The molecule has 1 aliphatic rings. The van der Waals surface area contributed by atoms with E-state index in [-0.39, 0.29) is 17.9 Å². The van der Waals surface area contributed by atoms with Crippen molar-refractivity contribution < 1.29 is 9.53 Å². The van der Waals surface area contributed by atoms with Crippen molar-refractivity contribution in [1.29, 1.82) is 0 Å². The van der Waals surface area contributed by atoms with Gasteiger partial charge in [0.2, 0.25) is 5.91 Å². The number of hydrogen-bond acceptors (Lipinski definition) is 3. The lowest BCUT2D eigenvalue weighted by Crippen LogP contribution is -2.42. The standard InChI is InChI=1S/C14H28N2O2/c1-10(2)9-18-7-6-16-14(17)12-5-4-11(3)13(15)8-12/h10-13H,4-9,15H2,1-3H3,(H,16,17). The van der Waals surface area contributed by atoms with Crippen molar-refractivity contribution in [2.24, 2.45) is 23.5 Å². The van der Waals surface area contributed by atoms with Gasteiger partial charge in [0.05, 0.1) is 6.61 Å². The number of nitrogens with one attached hydrogen (secondary N) is 1. The van der Waals surface area contributed by atoms with Gasteiger partial charge in [0.25, 0.3) is 0 Å². The molecule has 0 saturated heterocycles. The lowest BCUT2D eigenvalue weighted by atomic mass is 9.79. The van der Waals surface area contributed by atoms with Gasteiger partial charge in [0, 0.05) is 25.1 Å². The van der Waals surface area contributed by atoms with E-state index in [9.17, 15) is 4.79 Å². The van der Waals surface area contributed by atoms with Crippen molar-refractivity contribution in [3.63, 3.8) is 0 Å². The van der Waals surface area contributed by atoms with Crippen molar-refractivity contribution in [2.45, 2.75) is 46.1 Å². The third-order valence-corrected chi connectivity index (χ3v) is 3.63. The first-order valence-electron chi connectivity index (χ1n) is 7.11. The second-order valence-corrected chi connectivity index (χ2v) is 5.91. The van der Waals surface area contributed by atoms with E-state index < -0.39 is 0 Å². The first kappa shape index (κ1) is 15.4. The Morgan fingerprint density at radius 1 is 1.44 bits per heavy atom. The molecule has 0 spiro atoms. The summed E-state index contributed by atoms with van der Waals surface area (Å²) in [4.78, 5) is 11.9. The molecule has 1 fully saturated rings. The molecule has 0 aromatic heterocycles. The molecular formula is C14H28N2O2. The quantitative estimate of drug-likeness (QED) is 0.709. The molecule has 1 amide bonds. The van der Waals surface area contributed by atoms with Crippen LogP contribution in [0.2, 0.25) is 0 Å².